The van der Waals surface area contributed by atoms with Crippen LogP contribution in [0.3, 0.4) is 0 Å². The highest BCUT2D eigenvalue weighted by Crippen LogP contribution is 2.09. The fraction of sp³-hybridized carbons (Fsp3) is 0. The first-order valence-electron chi connectivity index (χ1n) is 3.09. The molecule has 1 N–H and O–H groups in total. The van der Waals surface area contributed by atoms with Crippen LogP contribution in [0.5, 0.6) is 0 Å². The highest BCUT2D eigenvalue weighted by Gasteiger charge is 2.14. The van der Waals surface area contributed by atoms with E-state index in [0.29, 0.717) is 14.9 Å². The van der Waals surface area contributed by atoms with Crippen LogP contribution in [-0.2, 0) is 0 Å². The van der Waals surface area contributed by atoms with Crippen molar-refractivity contribution in [3.8, 4) is 0 Å². The monoisotopic (exact) mass is 295 g/mol. The molecular weight excluding hydrogens is 290 g/mol. The van der Waals surface area contributed by atoms with E-state index in [0.717, 1.165) is 4.73 Å². The molecule has 2 aromatic rings. The molecule has 0 saturated carbocycles. The molecule has 62 valence electrons. The van der Waals surface area contributed by atoms with Gasteiger partial charge >= 0.3 is 5.52 Å². The van der Waals surface area contributed by atoms with Crippen LogP contribution >= 0.6 is 32.0 Å². The average Bonchev–Trinajstić information content (AvgIpc) is 2.33. The Labute approximate surface area is 83.8 Å². The van der Waals surface area contributed by atoms with Gasteiger partial charge in [-0.15, -0.1) is 0 Å². The molecule has 0 aromatic carbocycles. The standard InChI is InChI=1S/C5H5IN4OP/c6-4-2-9(11)3-1-7-10(12)5(3)8-4/h1-2H,12H2,(H,8,11)/q+1. The van der Waals surface area contributed by atoms with E-state index in [9.17, 15) is 5.21 Å². The molecule has 0 saturated heterocycles. The normalized spacial score (nSPS) is 10.8. The van der Waals surface area contributed by atoms with Crippen LogP contribution in [0, 0.1) is 3.70 Å². The molecule has 0 radical (unpaired) electrons. The minimum atomic E-state index is 0.588. The summed E-state index contributed by atoms with van der Waals surface area (Å²) in [7, 11) is 2.39. The minimum Gasteiger partial charge on any atom is -0.284 e. The van der Waals surface area contributed by atoms with E-state index in [4.69, 9.17) is 0 Å². The molecule has 0 spiro atoms. The van der Waals surface area contributed by atoms with Gasteiger partial charge in [0.25, 0.3) is 6.20 Å². The van der Waals surface area contributed by atoms with E-state index >= 15 is 0 Å². The van der Waals surface area contributed by atoms with Gasteiger partial charge in [-0.3, -0.25) is 5.21 Å². The Morgan fingerprint density at radius 3 is 3.17 bits per heavy atom. The van der Waals surface area contributed by atoms with Crippen molar-refractivity contribution in [2.75, 3.05) is 0 Å². The van der Waals surface area contributed by atoms with Crippen molar-refractivity contribution in [3.05, 3.63) is 16.1 Å². The minimum absolute atomic E-state index is 0.588. The lowest BCUT2D eigenvalue weighted by Gasteiger charge is -1.90. The van der Waals surface area contributed by atoms with E-state index in [-0.39, 0.29) is 0 Å². The molecule has 1 atom stereocenters. The number of hydrogen-bond acceptors (Lipinski definition) is 3. The van der Waals surface area contributed by atoms with Gasteiger partial charge in [-0.05, 0) is 32.0 Å². The third-order valence-electron chi connectivity index (χ3n) is 1.44. The van der Waals surface area contributed by atoms with Gasteiger partial charge in [0.2, 0.25) is 5.65 Å². The first-order chi connectivity index (χ1) is 5.68. The van der Waals surface area contributed by atoms with Crippen LogP contribution in [0.25, 0.3) is 11.2 Å². The molecule has 2 rings (SSSR count). The summed E-state index contributed by atoms with van der Waals surface area (Å²) in [5.74, 6) is 0. The first-order valence-corrected chi connectivity index (χ1v) is 4.68. The van der Waals surface area contributed by atoms with Gasteiger partial charge < -0.3 is 0 Å². The molecular formula is C5H5IN4OP+. The predicted molar refractivity (Wildman–Crippen MR) is 52.7 cm³/mol. The molecule has 2 aromatic heterocycles. The third-order valence-corrected chi connectivity index (χ3v) is 2.34. The van der Waals surface area contributed by atoms with Crippen molar-refractivity contribution in [1.29, 1.82) is 0 Å². The summed E-state index contributed by atoms with van der Waals surface area (Å²) < 4.78 is 3.26. The lowest BCUT2D eigenvalue weighted by molar-refractivity contribution is -0.885. The molecule has 0 aliphatic rings. The summed E-state index contributed by atoms with van der Waals surface area (Å²) in [5.41, 5.74) is 1.22. The summed E-state index contributed by atoms with van der Waals surface area (Å²) in [6.07, 6.45) is 3.07. The van der Waals surface area contributed by atoms with Gasteiger partial charge in [-0.2, -0.15) is 5.10 Å². The van der Waals surface area contributed by atoms with E-state index in [1.54, 1.807) is 6.20 Å². The smallest absolute Gasteiger partial charge is 0.284 e. The largest absolute Gasteiger partial charge is 0.321 e. The summed E-state index contributed by atoms with van der Waals surface area (Å²) >= 11 is 2.03. The van der Waals surface area contributed by atoms with Crippen molar-refractivity contribution >= 4 is 43.1 Å². The highest BCUT2D eigenvalue weighted by molar-refractivity contribution is 14.1. The van der Waals surface area contributed by atoms with Gasteiger partial charge in [0.1, 0.15) is 6.20 Å². The van der Waals surface area contributed by atoms with Crippen LogP contribution in [0.2, 0.25) is 0 Å². The Balaban J connectivity index is 2.92. The van der Waals surface area contributed by atoms with Gasteiger partial charge in [0, 0.05) is 4.73 Å². The van der Waals surface area contributed by atoms with Gasteiger partial charge in [-0.1, -0.05) is 0 Å². The molecule has 2 heterocycles. The molecule has 0 aliphatic heterocycles. The predicted octanol–water partition coefficient (Wildman–Crippen LogP) is 0.199. The first kappa shape index (κ1) is 8.12. The number of halogens is 1. The molecule has 0 fully saturated rings. The zero-order valence-corrected chi connectivity index (χ0v) is 9.16. The molecule has 0 aliphatic carbocycles. The van der Waals surface area contributed by atoms with E-state index in [1.165, 1.54) is 10.6 Å². The van der Waals surface area contributed by atoms with Crippen molar-refractivity contribution in [2.45, 2.75) is 0 Å². The molecule has 7 heteroatoms. The van der Waals surface area contributed by atoms with Crippen LogP contribution in [0.4, 0.5) is 0 Å². The Hall–Kier alpha value is -0.490. The zero-order chi connectivity index (χ0) is 8.72. The maximum Gasteiger partial charge on any atom is 0.321 e. The summed E-state index contributed by atoms with van der Waals surface area (Å²) in [4.78, 5) is 4.18. The second-order valence-electron chi connectivity index (χ2n) is 2.21. The van der Waals surface area contributed by atoms with Crippen molar-refractivity contribution in [3.63, 3.8) is 0 Å². The van der Waals surface area contributed by atoms with Crippen LogP contribution in [-0.4, -0.2) is 19.7 Å². The van der Waals surface area contributed by atoms with E-state index < -0.39 is 0 Å². The van der Waals surface area contributed by atoms with Gasteiger partial charge in [0.05, 0.1) is 0 Å². The number of fused-ring (bicyclic) bond motifs is 1. The summed E-state index contributed by atoms with van der Waals surface area (Å²) in [6.45, 7) is 0. The van der Waals surface area contributed by atoms with Crippen LogP contribution in [0.15, 0.2) is 12.4 Å². The maximum atomic E-state index is 9.37. The van der Waals surface area contributed by atoms with Crippen LogP contribution < -0.4 is 4.73 Å². The van der Waals surface area contributed by atoms with Crippen molar-refractivity contribution in [1.82, 2.24) is 14.5 Å². The summed E-state index contributed by atoms with van der Waals surface area (Å²) in [5, 5.41) is 13.3. The number of rotatable bonds is 0. The van der Waals surface area contributed by atoms with Crippen molar-refractivity contribution in [2.24, 2.45) is 0 Å². The molecule has 0 amide bonds. The third kappa shape index (κ3) is 1.15. The van der Waals surface area contributed by atoms with Crippen LogP contribution in [0.1, 0.15) is 0 Å². The Bertz CT molecular complexity index is 442. The Kier molecular flexibility index (Phi) is 1.88. The molecule has 0 bridgehead atoms. The second kappa shape index (κ2) is 2.77. The quantitative estimate of drug-likeness (QED) is 0.327. The topological polar surface area (TPSA) is 54.8 Å². The number of nitrogens with zero attached hydrogens (tertiary/aromatic N) is 4. The zero-order valence-electron chi connectivity index (χ0n) is 5.85. The lowest BCUT2D eigenvalue weighted by atomic mass is 10.6. The summed E-state index contributed by atoms with van der Waals surface area (Å²) in [6, 6.07) is 0. The van der Waals surface area contributed by atoms with E-state index in [1.807, 2.05) is 22.6 Å². The van der Waals surface area contributed by atoms with Gasteiger partial charge in [0.15, 0.2) is 3.70 Å². The molecule has 5 nitrogen and oxygen atoms in total. The molecule has 12 heavy (non-hydrogen) atoms. The number of aromatic nitrogens is 4. The SMILES string of the molecule is O[n+]1cc(I)nc2c1cnn2P. The second-order valence-corrected chi connectivity index (χ2v) is 3.80. The fourth-order valence-electron chi connectivity index (χ4n) is 0.917. The van der Waals surface area contributed by atoms with Crippen molar-refractivity contribution < 1.29 is 9.94 Å². The Morgan fingerprint density at radius 1 is 1.67 bits per heavy atom. The number of hydrogen-bond donors (Lipinski definition) is 1. The highest BCUT2D eigenvalue weighted by atomic mass is 127. The maximum absolute atomic E-state index is 9.37. The Morgan fingerprint density at radius 2 is 2.42 bits per heavy atom. The van der Waals surface area contributed by atoms with E-state index in [2.05, 4.69) is 19.5 Å². The average molecular weight is 295 g/mol. The molecule has 1 unspecified atom stereocenters. The fourth-order valence-corrected chi connectivity index (χ4v) is 1.67. The lowest BCUT2D eigenvalue weighted by Crippen LogP contribution is -2.31. The van der Waals surface area contributed by atoms with Gasteiger partial charge in [-0.25, -0.2) is 9.44 Å².